The van der Waals surface area contributed by atoms with Crippen LogP contribution < -0.4 is 4.90 Å². The van der Waals surface area contributed by atoms with Crippen molar-refractivity contribution < 1.29 is 9.59 Å². The number of carbonyl (C=O) groups is 2. The van der Waals surface area contributed by atoms with Crippen LogP contribution in [0.3, 0.4) is 0 Å². The highest BCUT2D eigenvalue weighted by atomic mass is 16.2. The molecule has 1 aliphatic carbocycles. The average molecular weight is 489 g/mol. The van der Waals surface area contributed by atoms with Crippen LogP contribution in [-0.4, -0.2) is 58.3 Å². The molecule has 6 nitrogen and oxygen atoms in total. The Balaban J connectivity index is 1.40. The van der Waals surface area contributed by atoms with Crippen molar-refractivity contribution >= 4 is 17.5 Å². The first-order valence-electron chi connectivity index (χ1n) is 13.9. The van der Waals surface area contributed by atoms with Gasteiger partial charge in [-0.1, -0.05) is 24.6 Å². The van der Waals surface area contributed by atoms with E-state index < -0.39 is 0 Å². The molecule has 2 unspecified atom stereocenters. The Bertz CT molecular complexity index is 1040. The van der Waals surface area contributed by atoms with Gasteiger partial charge >= 0.3 is 0 Å². The van der Waals surface area contributed by atoms with Gasteiger partial charge in [0.05, 0.1) is 0 Å². The number of amides is 2. The quantitative estimate of drug-likeness (QED) is 0.585. The third-order valence-electron chi connectivity index (χ3n) is 8.28. The third kappa shape index (κ3) is 6.15. The van der Waals surface area contributed by atoms with E-state index in [4.69, 9.17) is 0 Å². The van der Waals surface area contributed by atoms with Gasteiger partial charge in [-0.05, 0) is 80.2 Å². The van der Waals surface area contributed by atoms with E-state index in [1.165, 1.54) is 31.2 Å². The van der Waals surface area contributed by atoms with Gasteiger partial charge in [0, 0.05) is 69.7 Å². The van der Waals surface area contributed by atoms with Gasteiger partial charge in [-0.2, -0.15) is 0 Å². The molecule has 1 saturated heterocycles. The summed E-state index contributed by atoms with van der Waals surface area (Å²) in [6.45, 7) is 4.90. The molecule has 2 amide bonds. The van der Waals surface area contributed by atoms with Crippen LogP contribution in [0, 0.1) is 5.92 Å². The first-order chi connectivity index (χ1) is 17.6. The summed E-state index contributed by atoms with van der Waals surface area (Å²) in [5.74, 6) is 1.11. The van der Waals surface area contributed by atoms with E-state index in [-0.39, 0.29) is 11.8 Å². The summed E-state index contributed by atoms with van der Waals surface area (Å²) < 4.78 is 0. The van der Waals surface area contributed by atoms with Crippen molar-refractivity contribution in [2.75, 3.05) is 24.5 Å². The molecule has 6 heteroatoms. The number of carbonyl (C=O) groups excluding carboxylic acids is 2. The summed E-state index contributed by atoms with van der Waals surface area (Å²) in [6, 6.07) is 13.1. The highest BCUT2D eigenvalue weighted by Crippen LogP contribution is 2.36. The molecule has 3 heterocycles. The van der Waals surface area contributed by atoms with Crippen molar-refractivity contribution in [3.63, 3.8) is 0 Å². The van der Waals surface area contributed by atoms with Crippen molar-refractivity contribution in [2.24, 2.45) is 5.92 Å². The number of piperidine rings is 1. The molecule has 1 aromatic carbocycles. The average Bonchev–Trinajstić information content (AvgIpc) is 3.70. The van der Waals surface area contributed by atoms with Gasteiger partial charge in [-0.15, -0.1) is 0 Å². The number of hydrogen-bond donors (Lipinski definition) is 0. The number of pyridine rings is 1. The standard InChI is InChI=1S/C30H40N4O2/c1-23(35)33-19-16-27-8-5-9-28(34(27)20-25-12-13-25)22-32(21-26-7-2-3-10-29(26)33)30(36)11-4-6-24-14-17-31-18-15-24/h2-3,7,10,14-15,17-18,25,27-28H,4-6,8-9,11-13,16,19-22H2,1H3. The fourth-order valence-corrected chi connectivity index (χ4v) is 6.12. The van der Waals surface area contributed by atoms with Crippen molar-refractivity contribution in [1.29, 1.82) is 0 Å². The number of fused-ring (bicyclic) bond motifs is 3. The van der Waals surface area contributed by atoms with Gasteiger partial charge in [0.2, 0.25) is 11.8 Å². The number of para-hydroxylation sites is 1. The minimum atomic E-state index is 0.0815. The molecule has 5 rings (SSSR count). The zero-order valence-corrected chi connectivity index (χ0v) is 21.6. The fraction of sp³-hybridized carbons (Fsp3) is 0.567. The number of hydrogen-bond acceptors (Lipinski definition) is 4. The SMILES string of the molecule is CC(=O)N1CCC2CCCC(CN(C(=O)CCCc3ccncc3)Cc3ccccc31)N2CC1CC1. The van der Waals surface area contributed by atoms with Crippen molar-refractivity contribution in [3.8, 4) is 0 Å². The molecule has 36 heavy (non-hydrogen) atoms. The van der Waals surface area contributed by atoms with Gasteiger partial charge in [0.25, 0.3) is 0 Å². The number of benzene rings is 1. The maximum Gasteiger partial charge on any atom is 0.223 e. The van der Waals surface area contributed by atoms with Gasteiger partial charge in [-0.25, -0.2) is 0 Å². The van der Waals surface area contributed by atoms with Gasteiger partial charge in [0.1, 0.15) is 0 Å². The van der Waals surface area contributed by atoms with Gasteiger partial charge in [0.15, 0.2) is 0 Å². The molecule has 2 fully saturated rings. The van der Waals surface area contributed by atoms with E-state index >= 15 is 0 Å². The molecule has 0 spiro atoms. The zero-order chi connectivity index (χ0) is 24.9. The predicted molar refractivity (Wildman–Crippen MR) is 143 cm³/mol. The summed E-state index contributed by atoms with van der Waals surface area (Å²) in [7, 11) is 0. The van der Waals surface area contributed by atoms with Crippen LogP contribution in [0.2, 0.25) is 0 Å². The van der Waals surface area contributed by atoms with Crippen LogP contribution in [-0.2, 0) is 22.6 Å². The lowest BCUT2D eigenvalue weighted by Gasteiger charge is -2.44. The van der Waals surface area contributed by atoms with Crippen LogP contribution in [0.5, 0.6) is 0 Å². The minimum absolute atomic E-state index is 0.0815. The fourth-order valence-electron chi connectivity index (χ4n) is 6.12. The zero-order valence-electron chi connectivity index (χ0n) is 21.6. The highest BCUT2D eigenvalue weighted by molar-refractivity contribution is 5.92. The largest absolute Gasteiger partial charge is 0.337 e. The van der Waals surface area contributed by atoms with Crippen LogP contribution in [0.4, 0.5) is 5.69 Å². The summed E-state index contributed by atoms with van der Waals surface area (Å²) in [5.41, 5.74) is 3.26. The molecular formula is C30H40N4O2. The summed E-state index contributed by atoms with van der Waals surface area (Å²) in [4.78, 5) is 37.3. The van der Waals surface area contributed by atoms with E-state index in [0.717, 1.165) is 62.5 Å². The number of nitrogens with zero attached hydrogens (tertiary/aromatic N) is 4. The Morgan fingerprint density at radius 3 is 2.53 bits per heavy atom. The number of rotatable bonds is 6. The van der Waals surface area contributed by atoms with E-state index in [9.17, 15) is 9.59 Å². The third-order valence-corrected chi connectivity index (χ3v) is 8.28. The molecule has 0 radical (unpaired) electrons. The van der Waals surface area contributed by atoms with E-state index in [1.807, 2.05) is 41.6 Å². The number of anilines is 1. The predicted octanol–water partition coefficient (Wildman–Crippen LogP) is 4.82. The maximum absolute atomic E-state index is 13.7. The van der Waals surface area contributed by atoms with E-state index in [2.05, 4.69) is 26.9 Å². The second-order valence-electron chi connectivity index (χ2n) is 11.0. The Kier molecular flexibility index (Phi) is 8.00. The Morgan fingerprint density at radius 2 is 1.75 bits per heavy atom. The van der Waals surface area contributed by atoms with Gasteiger partial charge in [-0.3, -0.25) is 19.5 Å². The molecule has 2 atom stereocenters. The second kappa shape index (κ2) is 11.5. The first-order valence-corrected chi connectivity index (χ1v) is 13.9. The first kappa shape index (κ1) is 24.9. The lowest BCUT2D eigenvalue weighted by Crippen LogP contribution is -2.53. The normalized spacial score (nSPS) is 23.0. The summed E-state index contributed by atoms with van der Waals surface area (Å²) in [5, 5.41) is 0. The molecule has 1 saturated carbocycles. The van der Waals surface area contributed by atoms with Crippen LogP contribution in [0.1, 0.15) is 69.4 Å². The molecule has 0 N–H and O–H groups in total. The minimum Gasteiger partial charge on any atom is -0.337 e. The summed E-state index contributed by atoms with van der Waals surface area (Å²) in [6.07, 6.45) is 13.1. The molecule has 1 aromatic heterocycles. The van der Waals surface area contributed by atoms with Crippen LogP contribution in [0.25, 0.3) is 0 Å². The lowest BCUT2D eigenvalue weighted by atomic mass is 9.92. The van der Waals surface area contributed by atoms with Crippen molar-refractivity contribution in [2.45, 2.75) is 83.3 Å². The Hall–Kier alpha value is -2.73. The lowest BCUT2D eigenvalue weighted by molar-refractivity contribution is -0.133. The smallest absolute Gasteiger partial charge is 0.223 e. The molecule has 2 aliphatic heterocycles. The number of aryl methyl sites for hydroxylation is 1. The Morgan fingerprint density at radius 1 is 0.972 bits per heavy atom. The Labute approximate surface area is 215 Å². The van der Waals surface area contributed by atoms with E-state index in [1.54, 1.807) is 6.92 Å². The van der Waals surface area contributed by atoms with Crippen molar-refractivity contribution in [1.82, 2.24) is 14.8 Å². The van der Waals surface area contributed by atoms with Crippen LogP contribution in [0.15, 0.2) is 48.8 Å². The summed E-state index contributed by atoms with van der Waals surface area (Å²) >= 11 is 0. The molecule has 192 valence electrons. The van der Waals surface area contributed by atoms with Crippen molar-refractivity contribution in [3.05, 3.63) is 59.9 Å². The molecule has 3 aliphatic rings. The maximum atomic E-state index is 13.7. The van der Waals surface area contributed by atoms with E-state index in [0.29, 0.717) is 25.0 Å². The molecule has 2 aromatic rings. The second-order valence-corrected chi connectivity index (χ2v) is 11.0. The molecule has 2 bridgehead atoms. The molecular weight excluding hydrogens is 448 g/mol. The number of aromatic nitrogens is 1. The van der Waals surface area contributed by atoms with Gasteiger partial charge < -0.3 is 9.80 Å². The topological polar surface area (TPSA) is 56.8 Å². The van der Waals surface area contributed by atoms with Crippen LogP contribution >= 0.6 is 0 Å². The highest BCUT2D eigenvalue weighted by Gasteiger charge is 2.37. The monoisotopic (exact) mass is 488 g/mol.